The summed E-state index contributed by atoms with van der Waals surface area (Å²) >= 11 is 0. The molecular formula is C24H24F2N4O2. The van der Waals surface area contributed by atoms with Gasteiger partial charge in [-0.2, -0.15) is 0 Å². The van der Waals surface area contributed by atoms with Crippen molar-refractivity contribution in [2.75, 3.05) is 29.9 Å². The van der Waals surface area contributed by atoms with Crippen LogP contribution in [0.1, 0.15) is 29.4 Å². The number of carbonyl (C=O) groups excluding carboxylic acids is 2. The molecule has 2 aliphatic rings. The summed E-state index contributed by atoms with van der Waals surface area (Å²) in [5.74, 6) is -0.913. The molecule has 0 spiro atoms. The number of likely N-dealkylation sites (tertiary alicyclic amines) is 1. The molecule has 0 unspecified atom stereocenters. The number of rotatable bonds is 3. The van der Waals surface area contributed by atoms with Crippen molar-refractivity contribution in [3.8, 4) is 0 Å². The maximum absolute atomic E-state index is 14.4. The lowest BCUT2D eigenvalue weighted by Gasteiger charge is -2.25. The molecule has 166 valence electrons. The monoisotopic (exact) mass is 438 g/mol. The number of nitrogens with zero attached hydrogens (tertiary/aromatic N) is 2. The van der Waals surface area contributed by atoms with Gasteiger partial charge < -0.3 is 20.1 Å². The Hall–Kier alpha value is -3.42. The van der Waals surface area contributed by atoms with Crippen LogP contribution in [0.2, 0.25) is 0 Å². The molecule has 2 aromatic carbocycles. The average molecular weight is 438 g/mol. The van der Waals surface area contributed by atoms with Gasteiger partial charge >= 0.3 is 0 Å². The van der Waals surface area contributed by atoms with E-state index in [2.05, 4.69) is 15.2 Å². The van der Waals surface area contributed by atoms with Crippen molar-refractivity contribution in [2.45, 2.75) is 26.3 Å². The number of benzene rings is 2. The first-order valence-electron chi connectivity index (χ1n) is 10.7. The first-order valence-corrected chi connectivity index (χ1v) is 10.7. The van der Waals surface area contributed by atoms with Crippen LogP contribution >= 0.6 is 0 Å². The second-order valence-electron chi connectivity index (χ2n) is 8.72. The minimum absolute atomic E-state index is 0.0663. The Morgan fingerprint density at radius 3 is 2.69 bits per heavy atom. The zero-order valence-corrected chi connectivity index (χ0v) is 17.9. The van der Waals surface area contributed by atoms with Gasteiger partial charge in [0, 0.05) is 49.2 Å². The maximum Gasteiger partial charge on any atom is 0.272 e. The molecule has 2 aliphatic heterocycles. The van der Waals surface area contributed by atoms with Crippen molar-refractivity contribution in [1.29, 1.82) is 0 Å². The Morgan fingerprint density at radius 1 is 1.12 bits per heavy atom. The molecule has 0 saturated carbocycles. The number of fused-ring (bicyclic) bond motifs is 2. The summed E-state index contributed by atoms with van der Waals surface area (Å²) in [6.07, 6.45) is 0.940. The third-order valence-corrected chi connectivity index (χ3v) is 6.65. The van der Waals surface area contributed by atoms with Crippen LogP contribution in [-0.2, 0) is 4.79 Å². The molecule has 0 radical (unpaired) electrons. The predicted octanol–water partition coefficient (Wildman–Crippen LogP) is 4.06. The number of amides is 2. The maximum atomic E-state index is 14.4. The lowest BCUT2D eigenvalue weighted by atomic mass is 10.1. The number of anilines is 2. The molecule has 2 saturated heterocycles. The lowest BCUT2D eigenvalue weighted by molar-refractivity contribution is -0.129. The molecule has 2 atom stereocenters. The predicted molar refractivity (Wildman–Crippen MR) is 119 cm³/mol. The van der Waals surface area contributed by atoms with Crippen LogP contribution in [0.4, 0.5) is 20.2 Å². The standard InChI is InChI=1S/C24H24F2N4O2/c1-13-3-4-20(26)19-10-21(28-23(13)19)24(32)27-17-7-16(25)8-18(9-17)29-11-15-5-6-30(14(2)31)22(15)12-29/h3-4,7-10,15,22,28H,5-6,11-12H2,1-2H3,(H,27,32)/t15-,22-/m0/s1. The molecule has 0 bridgehead atoms. The molecule has 3 aromatic rings. The van der Waals surface area contributed by atoms with E-state index in [1.807, 2.05) is 11.8 Å². The van der Waals surface area contributed by atoms with Crippen LogP contribution in [0.5, 0.6) is 0 Å². The smallest absolute Gasteiger partial charge is 0.272 e. The van der Waals surface area contributed by atoms with E-state index in [1.165, 1.54) is 24.3 Å². The van der Waals surface area contributed by atoms with Gasteiger partial charge in [-0.1, -0.05) is 6.07 Å². The molecule has 2 amide bonds. The topological polar surface area (TPSA) is 68.4 Å². The average Bonchev–Trinajstić information content (AvgIpc) is 3.44. The Labute approximate surface area is 184 Å². The van der Waals surface area contributed by atoms with Gasteiger partial charge in [0.05, 0.1) is 11.6 Å². The van der Waals surface area contributed by atoms with Crippen LogP contribution in [0.25, 0.3) is 10.9 Å². The van der Waals surface area contributed by atoms with E-state index in [0.29, 0.717) is 34.7 Å². The summed E-state index contributed by atoms with van der Waals surface area (Å²) in [4.78, 5) is 31.6. The van der Waals surface area contributed by atoms with E-state index in [1.54, 1.807) is 19.1 Å². The van der Waals surface area contributed by atoms with Crippen LogP contribution in [0, 0.1) is 24.5 Å². The van der Waals surface area contributed by atoms with Crippen molar-refractivity contribution in [3.05, 3.63) is 59.3 Å². The molecule has 2 N–H and O–H groups in total. The van der Waals surface area contributed by atoms with Crippen molar-refractivity contribution < 1.29 is 18.4 Å². The fraction of sp³-hybridized carbons (Fsp3) is 0.333. The number of aromatic nitrogens is 1. The first-order chi connectivity index (χ1) is 15.3. The van der Waals surface area contributed by atoms with E-state index < -0.39 is 17.5 Å². The van der Waals surface area contributed by atoms with E-state index >= 15 is 0 Å². The zero-order chi connectivity index (χ0) is 22.6. The normalized spacial score (nSPS) is 20.1. The molecular weight excluding hydrogens is 414 g/mol. The number of halogens is 2. The Morgan fingerprint density at radius 2 is 1.94 bits per heavy atom. The van der Waals surface area contributed by atoms with E-state index in [4.69, 9.17) is 0 Å². The van der Waals surface area contributed by atoms with E-state index in [9.17, 15) is 18.4 Å². The molecule has 0 aliphatic carbocycles. The summed E-state index contributed by atoms with van der Waals surface area (Å²) in [6, 6.07) is 9.04. The molecule has 6 nitrogen and oxygen atoms in total. The molecule has 3 heterocycles. The number of H-pyrrole nitrogens is 1. The molecule has 32 heavy (non-hydrogen) atoms. The lowest BCUT2D eigenvalue weighted by Crippen LogP contribution is -2.38. The summed E-state index contributed by atoms with van der Waals surface area (Å²) in [7, 11) is 0. The third kappa shape index (κ3) is 3.49. The fourth-order valence-electron chi connectivity index (χ4n) is 5.04. The Balaban J connectivity index is 1.37. The number of aryl methyl sites for hydroxylation is 1. The summed E-state index contributed by atoms with van der Waals surface area (Å²) in [5, 5.41) is 3.06. The number of hydrogen-bond donors (Lipinski definition) is 2. The highest BCUT2D eigenvalue weighted by Gasteiger charge is 2.42. The number of aromatic amines is 1. The van der Waals surface area contributed by atoms with Crippen molar-refractivity contribution in [3.63, 3.8) is 0 Å². The molecule has 8 heteroatoms. The van der Waals surface area contributed by atoms with Crippen molar-refractivity contribution in [2.24, 2.45) is 5.92 Å². The van der Waals surface area contributed by atoms with E-state index in [-0.39, 0.29) is 17.6 Å². The van der Waals surface area contributed by atoms with Crippen LogP contribution in [0.15, 0.2) is 36.4 Å². The summed E-state index contributed by atoms with van der Waals surface area (Å²) in [6.45, 7) is 5.57. The van der Waals surface area contributed by atoms with Gasteiger partial charge in [-0.25, -0.2) is 8.78 Å². The first kappa shape index (κ1) is 20.5. The number of carbonyl (C=O) groups is 2. The minimum Gasteiger partial charge on any atom is -0.369 e. The largest absolute Gasteiger partial charge is 0.369 e. The van der Waals surface area contributed by atoms with Crippen molar-refractivity contribution in [1.82, 2.24) is 9.88 Å². The SMILES string of the molecule is CC(=O)N1CC[C@H]2CN(c3cc(F)cc(NC(=O)c4cc5c(F)ccc(C)c5[nH]4)c3)C[C@@H]21. The van der Waals surface area contributed by atoms with Gasteiger partial charge in [0.2, 0.25) is 5.91 Å². The third-order valence-electron chi connectivity index (χ3n) is 6.65. The second kappa shape index (κ2) is 7.62. The zero-order valence-electron chi connectivity index (χ0n) is 17.9. The summed E-state index contributed by atoms with van der Waals surface area (Å²) < 4.78 is 28.5. The molecule has 1 aromatic heterocycles. The van der Waals surface area contributed by atoms with Gasteiger partial charge in [-0.15, -0.1) is 0 Å². The molecule has 2 fully saturated rings. The van der Waals surface area contributed by atoms with E-state index in [0.717, 1.165) is 25.1 Å². The van der Waals surface area contributed by atoms with Gasteiger partial charge in [0.15, 0.2) is 0 Å². The number of hydrogen-bond acceptors (Lipinski definition) is 3. The van der Waals surface area contributed by atoms with Gasteiger partial charge in [0.1, 0.15) is 17.3 Å². The highest BCUT2D eigenvalue weighted by atomic mass is 19.1. The van der Waals surface area contributed by atoms with Gasteiger partial charge in [-0.3, -0.25) is 9.59 Å². The highest BCUT2D eigenvalue weighted by Crippen LogP contribution is 2.35. The minimum atomic E-state index is -0.474. The Bertz CT molecular complexity index is 1200. The highest BCUT2D eigenvalue weighted by molar-refractivity contribution is 6.06. The number of nitrogens with one attached hydrogen (secondary N) is 2. The van der Waals surface area contributed by atoms with Gasteiger partial charge in [-0.05, 0) is 49.2 Å². The Kier molecular flexibility index (Phi) is 4.87. The fourth-order valence-corrected chi connectivity index (χ4v) is 5.04. The second-order valence-corrected chi connectivity index (χ2v) is 8.72. The van der Waals surface area contributed by atoms with Crippen LogP contribution in [0.3, 0.4) is 0 Å². The van der Waals surface area contributed by atoms with Crippen LogP contribution < -0.4 is 10.2 Å². The quantitative estimate of drug-likeness (QED) is 0.648. The molecule has 5 rings (SSSR count). The summed E-state index contributed by atoms with van der Waals surface area (Å²) in [5.41, 5.74) is 2.58. The van der Waals surface area contributed by atoms with Crippen molar-refractivity contribution >= 4 is 34.1 Å². The van der Waals surface area contributed by atoms with Gasteiger partial charge in [0.25, 0.3) is 5.91 Å². The van der Waals surface area contributed by atoms with Crippen LogP contribution in [-0.4, -0.2) is 47.4 Å².